The van der Waals surface area contributed by atoms with Gasteiger partial charge in [0.05, 0.1) is 12.7 Å². The van der Waals surface area contributed by atoms with Gasteiger partial charge in [0.2, 0.25) is 0 Å². The first kappa shape index (κ1) is 15.0. The Hall–Kier alpha value is -2.37. The van der Waals surface area contributed by atoms with E-state index in [0.29, 0.717) is 6.54 Å². The Labute approximate surface area is 124 Å². The molecule has 0 bridgehead atoms. The summed E-state index contributed by atoms with van der Waals surface area (Å²) in [6.45, 7) is 4.52. The van der Waals surface area contributed by atoms with Crippen molar-refractivity contribution >= 4 is 11.7 Å². The normalized spacial score (nSPS) is 10.5. The van der Waals surface area contributed by atoms with Gasteiger partial charge in [0, 0.05) is 18.8 Å². The first-order valence-corrected chi connectivity index (χ1v) is 7.14. The van der Waals surface area contributed by atoms with Gasteiger partial charge in [-0.2, -0.15) is 0 Å². The summed E-state index contributed by atoms with van der Waals surface area (Å²) in [6, 6.07) is 10.2. The maximum absolute atomic E-state index is 10.8. The van der Waals surface area contributed by atoms with Crippen LogP contribution in [-0.2, 0) is 6.54 Å². The van der Waals surface area contributed by atoms with Crippen molar-refractivity contribution < 1.29 is 9.90 Å². The minimum atomic E-state index is -1.05. The number of benzene rings is 1. The molecule has 21 heavy (non-hydrogen) atoms. The lowest BCUT2D eigenvalue weighted by Gasteiger charge is -2.24. The molecule has 2 aromatic rings. The van der Waals surface area contributed by atoms with Gasteiger partial charge in [0.15, 0.2) is 5.69 Å². The number of hydrogen-bond acceptors (Lipinski definition) is 4. The monoisotopic (exact) mass is 288 g/mol. The first-order chi connectivity index (χ1) is 10.2. The smallest absolute Gasteiger partial charge is 0.358 e. The second-order valence-corrected chi connectivity index (χ2v) is 4.85. The lowest BCUT2D eigenvalue weighted by atomic mass is 10.2. The molecular formula is C15H20N4O2. The molecule has 0 amide bonds. The van der Waals surface area contributed by atoms with Gasteiger partial charge >= 0.3 is 5.97 Å². The molecule has 0 aliphatic carbocycles. The zero-order valence-corrected chi connectivity index (χ0v) is 12.1. The van der Waals surface area contributed by atoms with E-state index in [0.717, 1.165) is 25.9 Å². The van der Waals surface area contributed by atoms with Crippen molar-refractivity contribution in [3.8, 4) is 0 Å². The van der Waals surface area contributed by atoms with Crippen molar-refractivity contribution in [1.29, 1.82) is 0 Å². The SMILES string of the molecule is CCCCN(CCn1cc(C(=O)O)nn1)c1ccccc1. The molecule has 0 radical (unpaired) electrons. The number of anilines is 1. The van der Waals surface area contributed by atoms with Gasteiger partial charge in [-0.15, -0.1) is 5.10 Å². The third-order valence-electron chi connectivity index (χ3n) is 3.26. The van der Waals surface area contributed by atoms with E-state index in [2.05, 4.69) is 34.3 Å². The Bertz CT molecular complexity index is 568. The lowest BCUT2D eigenvalue weighted by Crippen LogP contribution is -2.28. The second kappa shape index (κ2) is 7.42. The molecule has 0 fully saturated rings. The summed E-state index contributed by atoms with van der Waals surface area (Å²) in [4.78, 5) is 13.1. The van der Waals surface area contributed by atoms with E-state index in [1.165, 1.54) is 11.9 Å². The molecule has 6 heteroatoms. The van der Waals surface area contributed by atoms with Crippen LogP contribution in [0.4, 0.5) is 5.69 Å². The molecule has 112 valence electrons. The van der Waals surface area contributed by atoms with Crippen molar-refractivity contribution in [1.82, 2.24) is 15.0 Å². The lowest BCUT2D eigenvalue weighted by molar-refractivity contribution is 0.0690. The molecule has 0 unspecified atom stereocenters. The minimum Gasteiger partial charge on any atom is -0.476 e. The van der Waals surface area contributed by atoms with Crippen molar-refractivity contribution in [2.24, 2.45) is 0 Å². The van der Waals surface area contributed by atoms with Gasteiger partial charge < -0.3 is 10.0 Å². The van der Waals surface area contributed by atoms with Crippen LogP contribution in [0.5, 0.6) is 0 Å². The molecule has 6 nitrogen and oxygen atoms in total. The fourth-order valence-electron chi connectivity index (χ4n) is 2.09. The number of carboxylic acids is 1. The molecule has 1 heterocycles. The molecule has 0 aliphatic rings. The average Bonchev–Trinajstić information content (AvgIpc) is 2.97. The van der Waals surface area contributed by atoms with Crippen LogP contribution in [0, 0.1) is 0 Å². The summed E-state index contributed by atoms with van der Waals surface area (Å²) in [5.74, 6) is -1.05. The number of carboxylic acid groups (broad SMARTS) is 1. The molecule has 0 saturated carbocycles. The minimum absolute atomic E-state index is 0.0187. The van der Waals surface area contributed by atoms with Crippen LogP contribution in [0.3, 0.4) is 0 Å². The number of unbranched alkanes of at least 4 members (excludes halogenated alkanes) is 1. The van der Waals surface area contributed by atoms with Crippen LogP contribution in [0.25, 0.3) is 0 Å². The molecular weight excluding hydrogens is 268 g/mol. The zero-order chi connectivity index (χ0) is 15.1. The van der Waals surface area contributed by atoms with Gasteiger partial charge in [-0.1, -0.05) is 36.8 Å². The Balaban J connectivity index is 1.99. The molecule has 1 aromatic carbocycles. The molecule has 1 N–H and O–H groups in total. The fourth-order valence-corrected chi connectivity index (χ4v) is 2.09. The van der Waals surface area contributed by atoms with Crippen LogP contribution < -0.4 is 4.90 Å². The van der Waals surface area contributed by atoms with Gasteiger partial charge in [0.1, 0.15) is 0 Å². The standard InChI is InChI=1S/C15H20N4O2/c1-2-3-9-18(13-7-5-4-6-8-13)10-11-19-12-14(15(20)21)16-17-19/h4-8,12H,2-3,9-11H2,1H3,(H,20,21). The van der Waals surface area contributed by atoms with E-state index in [1.807, 2.05) is 18.2 Å². The molecule has 0 aliphatic heterocycles. The van der Waals surface area contributed by atoms with Gasteiger partial charge in [0.25, 0.3) is 0 Å². The largest absolute Gasteiger partial charge is 0.476 e. The third kappa shape index (κ3) is 4.30. The van der Waals surface area contributed by atoms with Crippen molar-refractivity contribution in [3.05, 3.63) is 42.2 Å². The van der Waals surface area contributed by atoms with Crippen molar-refractivity contribution in [2.75, 3.05) is 18.0 Å². The number of aromatic carboxylic acids is 1. The maximum Gasteiger partial charge on any atom is 0.358 e. The van der Waals surface area contributed by atoms with Crippen LogP contribution in [0.15, 0.2) is 36.5 Å². The summed E-state index contributed by atoms with van der Waals surface area (Å²) in [5.41, 5.74) is 1.15. The van der Waals surface area contributed by atoms with E-state index in [4.69, 9.17) is 5.11 Å². The Kier molecular flexibility index (Phi) is 5.31. The zero-order valence-electron chi connectivity index (χ0n) is 12.1. The molecule has 0 spiro atoms. The summed E-state index contributed by atoms with van der Waals surface area (Å²) < 4.78 is 1.57. The number of nitrogens with zero attached hydrogens (tertiary/aromatic N) is 4. The quantitative estimate of drug-likeness (QED) is 0.807. The number of para-hydroxylation sites is 1. The van der Waals surface area contributed by atoms with E-state index >= 15 is 0 Å². The van der Waals surface area contributed by atoms with Crippen molar-refractivity contribution in [2.45, 2.75) is 26.3 Å². The number of aromatic nitrogens is 3. The fraction of sp³-hybridized carbons (Fsp3) is 0.400. The van der Waals surface area contributed by atoms with E-state index in [1.54, 1.807) is 4.68 Å². The highest BCUT2D eigenvalue weighted by atomic mass is 16.4. The van der Waals surface area contributed by atoms with E-state index < -0.39 is 5.97 Å². The van der Waals surface area contributed by atoms with Gasteiger partial charge in [-0.05, 0) is 18.6 Å². The molecule has 2 rings (SSSR count). The van der Waals surface area contributed by atoms with Crippen LogP contribution in [0.1, 0.15) is 30.3 Å². The highest BCUT2D eigenvalue weighted by molar-refractivity contribution is 5.84. The molecule has 1 aromatic heterocycles. The van der Waals surface area contributed by atoms with Crippen LogP contribution in [-0.4, -0.2) is 39.2 Å². The van der Waals surface area contributed by atoms with E-state index in [9.17, 15) is 4.79 Å². The molecule has 0 atom stereocenters. The first-order valence-electron chi connectivity index (χ1n) is 7.14. The summed E-state index contributed by atoms with van der Waals surface area (Å²) in [5, 5.41) is 16.3. The van der Waals surface area contributed by atoms with Gasteiger partial charge in [-0.3, -0.25) is 0 Å². The predicted molar refractivity (Wildman–Crippen MR) is 80.5 cm³/mol. The maximum atomic E-state index is 10.8. The second-order valence-electron chi connectivity index (χ2n) is 4.85. The Morgan fingerprint density at radius 2 is 2.05 bits per heavy atom. The predicted octanol–water partition coefficient (Wildman–Crippen LogP) is 2.28. The summed E-state index contributed by atoms with van der Waals surface area (Å²) >= 11 is 0. The Morgan fingerprint density at radius 3 is 2.67 bits per heavy atom. The highest BCUT2D eigenvalue weighted by Crippen LogP contribution is 2.14. The molecule has 0 saturated heterocycles. The van der Waals surface area contributed by atoms with Gasteiger partial charge in [-0.25, -0.2) is 9.48 Å². The van der Waals surface area contributed by atoms with Crippen molar-refractivity contribution in [3.63, 3.8) is 0 Å². The number of rotatable bonds is 8. The highest BCUT2D eigenvalue weighted by Gasteiger charge is 2.10. The van der Waals surface area contributed by atoms with Crippen LogP contribution in [0.2, 0.25) is 0 Å². The topological polar surface area (TPSA) is 71.2 Å². The number of carbonyl (C=O) groups is 1. The summed E-state index contributed by atoms with van der Waals surface area (Å²) in [6.07, 6.45) is 3.72. The average molecular weight is 288 g/mol. The van der Waals surface area contributed by atoms with Crippen LogP contribution >= 0.6 is 0 Å². The van der Waals surface area contributed by atoms with E-state index in [-0.39, 0.29) is 5.69 Å². The Morgan fingerprint density at radius 1 is 1.29 bits per heavy atom. The summed E-state index contributed by atoms with van der Waals surface area (Å²) in [7, 11) is 0. The third-order valence-corrected chi connectivity index (χ3v) is 3.26. The number of hydrogen-bond donors (Lipinski definition) is 1.